The van der Waals surface area contributed by atoms with Gasteiger partial charge in [-0.3, -0.25) is 0 Å². The van der Waals surface area contributed by atoms with Crippen LogP contribution >= 0.6 is 11.6 Å². The van der Waals surface area contributed by atoms with E-state index in [1.54, 1.807) is 6.20 Å². The molecular weight excluding hydrogens is 272 g/mol. The van der Waals surface area contributed by atoms with Crippen LogP contribution in [0.15, 0.2) is 42.6 Å². The molecule has 2 unspecified atom stereocenters. The first-order valence-corrected chi connectivity index (χ1v) is 7.29. The molecule has 1 aromatic heterocycles. The minimum atomic E-state index is 0.0314. The molecule has 0 saturated heterocycles. The number of rotatable bonds is 4. The molecule has 20 heavy (non-hydrogen) atoms. The standard InChI is InChI=1S/C16H17ClN2O/c1-2-20-14-8-5-9-18-16(14)19-15-12-7-4-3-6-11(12)10-13(15)17/h3-9,13,15H,2,10H2,1H3,(H,18,19). The van der Waals surface area contributed by atoms with Crippen LogP contribution in [0.4, 0.5) is 5.82 Å². The molecule has 1 aliphatic rings. The maximum atomic E-state index is 6.49. The van der Waals surface area contributed by atoms with Crippen molar-refractivity contribution in [1.82, 2.24) is 4.98 Å². The third-order valence-electron chi connectivity index (χ3n) is 3.53. The van der Waals surface area contributed by atoms with Gasteiger partial charge in [-0.05, 0) is 36.6 Å². The summed E-state index contributed by atoms with van der Waals surface area (Å²) >= 11 is 6.49. The Balaban J connectivity index is 1.88. The van der Waals surface area contributed by atoms with Gasteiger partial charge in [-0.2, -0.15) is 0 Å². The molecule has 104 valence electrons. The van der Waals surface area contributed by atoms with Crippen molar-refractivity contribution in [2.75, 3.05) is 11.9 Å². The molecule has 3 nitrogen and oxygen atoms in total. The molecule has 3 rings (SSSR count). The molecule has 0 spiro atoms. The van der Waals surface area contributed by atoms with E-state index in [1.807, 2.05) is 25.1 Å². The second-order valence-electron chi connectivity index (χ2n) is 4.82. The fourth-order valence-electron chi connectivity index (χ4n) is 2.63. The average molecular weight is 289 g/mol. The maximum Gasteiger partial charge on any atom is 0.169 e. The van der Waals surface area contributed by atoms with Gasteiger partial charge in [0.05, 0.1) is 18.0 Å². The van der Waals surface area contributed by atoms with Crippen LogP contribution in [0.5, 0.6) is 5.75 Å². The second kappa shape index (κ2) is 5.71. The van der Waals surface area contributed by atoms with Crippen molar-refractivity contribution >= 4 is 17.4 Å². The van der Waals surface area contributed by atoms with Crippen LogP contribution in [-0.2, 0) is 6.42 Å². The SMILES string of the molecule is CCOc1cccnc1NC1c2ccccc2CC1Cl. The molecule has 2 atom stereocenters. The number of halogens is 1. The highest BCUT2D eigenvalue weighted by Gasteiger charge is 2.31. The summed E-state index contributed by atoms with van der Waals surface area (Å²) in [5, 5.41) is 3.46. The number of aromatic nitrogens is 1. The number of pyridine rings is 1. The van der Waals surface area contributed by atoms with Crippen molar-refractivity contribution in [2.45, 2.75) is 24.8 Å². The fourth-order valence-corrected chi connectivity index (χ4v) is 3.00. The van der Waals surface area contributed by atoms with Gasteiger partial charge in [0.25, 0.3) is 0 Å². The van der Waals surface area contributed by atoms with Gasteiger partial charge >= 0.3 is 0 Å². The topological polar surface area (TPSA) is 34.1 Å². The molecule has 0 bridgehead atoms. The number of hydrogen-bond acceptors (Lipinski definition) is 3. The molecule has 0 amide bonds. The van der Waals surface area contributed by atoms with Crippen molar-refractivity contribution < 1.29 is 4.74 Å². The van der Waals surface area contributed by atoms with Gasteiger partial charge in [-0.1, -0.05) is 24.3 Å². The zero-order valence-electron chi connectivity index (χ0n) is 11.3. The Morgan fingerprint density at radius 2 is 2.15 bits per heavy atom. The third-order valence-corrected chi connectivity index (χ3v) is 3.94. The van der Waals surface area contributed by atoms with Gasteiger partial charge in [0.2, 0.25) is 0 Å². The Labute approximate surface area is 123 Å². The van der Waals surface area contributed by atoms with Crippen LogP contribution in [0.25, 0.3) is 0 Å². The van der Waals surface area contributed by atoms with Crippen LogP contribution in [0.1, 0.15) is 24.1 Å². The lowest BCUT2D eigenvalue weighted by Gasteiger charge is -2.19. The van der Waals surface area contributed by atoms with E-state index >= 15 is 0 Å². The van der Waals surface area contributed by atoms with E-state index in [0.717, 1.165) is 18.0 Å². The number of ether oxygens (including phenoxy) is 1. The van der Waals surface area contributed by atoms with Crippen LogP contribution in [0, 0.1) is 0 Å². The highest BCUT2D eigenvalue weighted by molar-refractivity contribution is 6.21. The van der Waals surface area contributed by atoms with Gasteiger partial charge in [0.15, 0.2) is 11.6 Å². The molecular formula is C16H17ClN2O. The van der Waals surface area contributed by atoms with Crippen molar-refractivity contribution in [3.05, 3.63) is 53.7 Å². The Hall–Kier alpha value is -1.74. The molecule has 0 fully saturated rings. The molecule has 4 heteroatoms. The smallest absolute Gasteiger partial charge is 0.169 e. The van der Waals surface area contributed by atoms with E-state index in [1.165, 1.54) is 11.1 Å². The molecule has 2 aromatic rings. The Bertz CT molecular complexity index is 603. The summed E-state index contributed by atoms with van der Waals surface area (Å²) in [7, 11) is 0. The maximum absolute atomic E-state index is 6.49. The molecule has 0 saturated carbocycles. The highest BCUT2D eigenvalue weighted by Crippen LogP contribution is 2.38. The fraction of sp³-hybridized carbons (Fsp3) is 0.312. The number of benzene rings is 1. The average Bonchev–Trinajstić information content (AvgIpc) is 2.78. The Kier molecular flexibility index (Phi) is 3.79. The number of nitrogens with one attached hydrogen (secondary N) is 1. The summed E-state index contributed by atoms with van der Waals surface area (Å²) in [6, 6.07) is 12.2. The zero-order chi connectivity index (χ0) is 13.9. The number of alkyl halides is 1. The van der Waals surface area contributed by atoms with Crippen LogP contribution < -0.4 is 10.1 Å². The van der Waals surface area contributed by atoms with E-state index in [4.69, 9.17) is 16.3 Å². The summed E-state index contributed by atoms with van der Waals surface area (Å²) in [6.45, 7) is 2.58. The van der Waals surface area contributed by atoms with Crippen LogP contribution in [0.3, 0.4) is 0 Å². The molecule has 1 aromatic carbocycles. The monoisotopic (exact) mass is 288 g/mol. The second-order valence-corrected chi connectivity index (χ2v) is 5.38. The quantitative estimate of drug-likeness (QED) is 0.869. The molecule has 1 N–H and O–H groups in total. The minimum absolute atomic E-state index is 0.0314. The molecule has 0 radical (unpaired) electrons. The summed E-state index contributed by atoms with van der Waals surface area (Å²) in [6.07, 6.45) is 2.64. The lowest BCUT2D eigenvalue weighted by atomic mass is 10.1. The van der Waals surface area contributed by atoms with Gasteiger partial charge in [0, 0.05) is 6.20 Å². The van der Waals surface area contributed by atoms with Crippen LogP contribution in [-0.4, -0.2) is 17.0 Å². The van der Waals surface area contributed by atoms with Crippen LogP contribution in [0.2, 0.25) is 0 Å². The molecule has 1 aliphatic carbocycles. The first-order chi connectivity index (χ1) is 9.79. The van der Waals surface area contributed by atoms with Crippen molar-refractivity contribution in [1.29, 1.82) is 0 Å². The number of fused-ring (bicyclic) bond motifs is 1. The zero-order valence-corrected chi connectivity index (χ0v) is 12.1. The predicted octanol–water partition coefficient (Wildman–Crippen LogP) is 3.80. The summed E-state index contributed by atoms with van der Waals surface area (Å²) in [5.41, 5.74) is 2.56. The van der Waals surface area contributed by atoms with E-state index in [0.29, 0.717) is 6.61 Å². The number of hydrogen-bond donors (Lipinski definition) is 1. The van der Waals surface area contributed by atoms with E-state index in [9.17, 15) is 0 Å². The predicted molar refractivity (Wildman–Crippen MR) is 81.6 cm³/mol. The Morgan fingerprint density at radius 3 is 3.00 bits per heavy atom. The molecule has 1 heterocycles. The van der Waals surface area contributed by atoms with Crippen molar-refractivity contribution in [3.63, 3.8) is 0 Å². The van der Waals surface area contributed by atoms with Gasteiger partial charge < -0.3 is 10.1 Å². The molecule has 0 aliphatic heterocycles. The van der Waals surface area contributed by atoms with Crippen molar-refractivity contribution in [3.8, 4) is 5.75 Å². The van der Waals surface area contributed by atoms with Gasteiger partial charge in [-0.25, -0.2) is 4.98 Å². The minimum Gasteiger partial charge on any atom is -0.490 e. The first-order valence-electron chi connectivity index (χ1n) is 6.86. The van der Waals surface area contributed by atoms with Crippen molar-refractivity contribution in [2.24, 2.45) is 0 Å². The summed E-state index contributed by atoms with van der Waals surface area (Å²) < 4.78 is 5.60. The van der Waals surface area contributed by atoms with E-state index < -0.39 is 0 Å². The van der Waals surface area contributed by atoms with Gasteiger partial charge in [0.1, 0.15) is 0 Å². The lowest BCUT2D eigenvalue weighted by molar-refractivity contribution is 0.340. The normalized spacial score (nSPS) is 20.5. The number of anilines is 1. The van der Waals surface area contributed by atoms with E-state index in [-0.39, 0.29) is 11.4 Å². The highest BCUT2D eigenvalue weighted by atomic mass is 35.5. The largest absolute Gasteiger partial charge is 0.490 e. The van der Waals surface area contributed by atoms with Gasteiger partial charge in [-0.15, -0.1) is 11.6 Å². The number of nitrogens with zero attached hydrogens (tertiary/aromatic N) is 1. The summed E-state index contributed by atoms with van der Waals surface area (Å²) in [4.78, 5) is 4.37. The Morgan fingerprint density at radius 1 is 1.30 bits per heavy atom. The first kappa shape index (κ1) is 13.3. The lowest BCUT2D eigenvalue weighted by Crippen LogP contribution is -2.18. The third kappa shape index (κ3) is 2.46. The van der Waals surface area contributed by atoms with E-state index in [2.05, 4.69) is 28.5 Å². The summed E-state index contributed by atoms with van der Waals surface area (Å²) in [5.74, 6) is 1.52.